The molecule has 0 radical (unpaired) electrons. The zero-order chi connectivity index (χ0) is 14.4. The smallest absolute Gasteiger partial charge is 0.239 e. The number of benzene rings is 1. The number of para-hydroxylation sites is 1. The van der Waals surface area contributed by atoms with Crippen LogP contribution in [0.1, 0.15) is 13.3 Å². The third-order valence-corrected chi connectivity index (χ3v) is 2.92. The monoisotopic (exact) mass is 274 g/mol. The minimum Gasteiger partial charge on any atom is -0.355 e. The minimum atomic E-state index is -0.176. The Morgan fingerprint density at radius 2 is 2.00 bits per heavy atom. The van der Waals surface area contributed by atoms with Crippen LogP contribution in [0.3, 0.4) is 0 Å². The lowest BCUT2D eigenvalue weighted by Crippen LogP contribution is -2.37. The van der Waals surface area contributed by atoms with Crippen molar-refractivity contribution in [1.29, 1.82) is 0 Å². The van der Waals surface area contributed by atoms with E-state index in [1.165, 1.54) is 0 Å². The van der Waals surface area contributed by atoms with Crippen LogP contribution in [0.25, 0.3) is 10.9 Å². The maximum absolute atomic E-state index is 11.7. The van der Waals surface area contributed by atoms with Crippen LogP contribution in [-0.2, 0) is 16.1 Å². The quantitative estimate of drug-likeness (QED) is 0.813. The Balaban J connectivity index is 1.83. The van der Waals surface area contributed by atoms with Crippen LogP contribution in [0.2, 0.25) is 0 Å². The van der Waals surface area contributed by atoms with Crippen molar-refractivity contribution < 1.29 is 9.59 Å². The molecule has 0 saturated carbocycles. The van der Waals surface area contributed by atoms with Crippen molar-refractivity contribution in [2.75, 3.05) is 13.1 Å². The van der Waals surface area contributed by atoms with Crippen LogP contribution in [0, 0.1) is 0 Å². The van der Waals surface area contributed by atoms with Gasteiger partial charge in [-0.1, -0.05) is 18.2 Å². The number of nitrogens with zero attached hydrogens (tertiary/aromatic N) is 2. The maximum Gasteiger partial charge on any atom is 0.239 e. The van der Waals surface area contributed by atoms with Crippen LogP contribution in [0.5, 0.6) is 0 Å². The second-order valence-corrected chi connectivity index (χ2v) is 4.41. The molecule has 2 rings (SSSR count). The topological polar surface area (TPSA) is 76.0 Å². The summed E-state index contributed by atoms with van der Waals surface area (Å²) in [6.45, 7) is 2.91. The van der Waals surface area contributed by atoms with Gasteiger partial charge in [-0.3, -0.25) is 14.3 Å². The highest BCUT2D eigenvalue weighted by Crippen LogP contribution is 2.12. The highest BCUT2D eigenvalue weighted by atomic mass is 16.2. The molecule has 0 fully saturated rings. The van der Waals surface area contributed by atoms with Crippen molar-refractivity contribution in [2.24, 2.45) is 0 Å². The number of nitrogens with one attached hydrogen (secondary N) is 2. The molecule has 1 heterocycles. The van der Waals surface area contributed by atoms with Crippen molar-refractivity contribution in [3.05, 3.63) is 30.5 Å². The Labute approximate surface area is 117 Å². The lowest BCUT2D eigenvalue weighted by atomic mass is 10.2. The largest absolute Gasteiger partial charge is 0.355 e. The molecule has 2 amide bonds. The Kier molecular flexibility index (Phi) is 4.70. The van der Waals surface area contributed by atoms with Crippen molar-refractivity contribution in [3.63, 3.8) is 0 Å². The van der Waals surface area contributed by atoms with E-state index in [0.717, 1.165) is 10.9 Å². The summed E-state index contributed by atoms with van der Waals surface area (Å²) in [6, 6.07) is 7.84. The van der Waals surface area contributed by atoms with Gasteiger partial charge in [-0.2, -0.15) is 5.10 Å². The summed E-state index contributed by atoms with van der Waals surface area (Å²) in [4.78, 5) is 22.9. The van der Waals surface area contributed by atoms with E-state index in [0.29, 0.717) is 19.5 Å². The second kappa shape index (κ2) is 6.70. The predicted octanol–water partition coefficient (Wildman–Crippen LogP) is 0.679. The summed E-state index contributed by atoms with van der Waals surface area (Å²) in [5, 5.41) is 10.5. The summed E-state index contributed by atoms with van der Waals surface area (Å²) in [7, 11) is 0. The molecular weight excluding hydrogens is 256 g/mol. The van der Waals surface area contributed by atoms with E-state index < -0.39 is 0 Å². The Hall–Kier alpha value is -2.37. The van der Waals surface area contributed by atoms with Gasteiger partial charge in [-0.15, -0.1) is 0 Å². The normalized spacial score (nSPS) is 10.4. The molecule has 0 aliphatic heterocycles. The molecule has 2 N–H and O–H groups in total. The van der Waals surface area contributed by atoms with Gasteiger partial charge in [0.15, 0.2) is 0 Å². The van der Waals surface area contributed by atoms with Crippen molar-refractivity contribution in [3.8, 4) is 0 Å². The first kappa shape index (κ1) is 14.0. The standard InChI is InChI=1S/C14H18N4O2/c1-2-15-14(20)10-16-13(19)7-8-18-12-6-4-3-5-11(12)9-17-18/h3-6,9H,2,7-8,10H2,1H3,(H,15,20)(H,16,19). The summed E-state index contributed by atoms with van der Waals surface area (Å²) < 4.78 is 1.79. The molecule has 0 unspecified atom stereocenters. The summed E-state index contributed by atoms with van der Waals surface area (Å²) in [5.74, 6) is -0.332. The number of likely N-dealkylation sites (N-methyl/N-ethyl adjacent to an activating group) is 1. The van der Waals surface area contributed by atoms with Gasteiger partial charge in [0, 0.05) is 18.4 Å². The third kappa shape index (κ3) is 3.57. The van der Waals surface area contributed by atoms with Gasteiger partial charge in [-0.25, -0.2) is 0 Å². The first-order valence-electron chi connectivity index (χ1n) is 6.64. The van der Waals surface area contributed by atoms with E-state index in [9.17, 15) is 9.59 Å². The van der Waals surface area contributed by atoms with E-state index in [1.807, 2.05) is 31.2 Å². The van der Waals surface area contributed by atoms with Gasteiger partial charge in [0.1, 0.15) is 0 Å². The molecule has 1 aromatic carbocycles. The molecule has 2 aromatic rings. The molecule has 0 bridgehead atoms. The molecule has 1 aromatic heterocycles. The molecule has 106 valence electrons. The second-order valence-electron chi connectivity index (χ2n) is 4.41. The number of aromatic nitrogens is 2. The van der Waals surface area contributed by atoms with Gasteiger partial charge in [-0.05, 0) is 13.0 Å². The van der Waals surface area contributed by atoms with Gasteiger partial charge in [0.25, 0.3) is 0 Å². The van der Waals surface area contributed by atoms with E-state index in [-0.39, 0.29) is 18.4 Å². The number of amides is 2. The van der Waals surface area contributed by atoms with Gasteiger partial charge in [0.2, 0.25) is 11.8 Å². The van der Waals surface area contributed by atoms with Crippen LogP contribution in [0.4, 0.5) is 0 Å². The number of hydrogen-bond donors (Lipinski definition) is 2. The fourth-order valence-electron chi connectivity index (χ4n) is 1.94. The molecule has 0 aliphatic carbocycles. The first-order chi connectivity index (χ1) is 9.70. The average Bonchev–Trinajstić information content (AvgIpc) is 2.86. The molecular formula is C14H18N4O2. The highest BCUT2D eigenvalue weighted by Gasteiger charge is 2.07. The van der Waals surface area contributed by atoms with Crippen molar-refractivity contribution in [2.45, 2.75) is 19.9 Å². The summed E-state index contributed by atoms with van der Waals surface area (Å²) >= 11 is 0. The molecule has 0 spiro atoms. The molecule has 0 aliphatic rings. The Bertz CT molecular complexity index is 606. The molecule has 20 heavy (non-hydrogen) atoms. The number of carbonyl (C=O) groups excluding carboxylic acids is 2. The van der Waals surface area contributed by atoms with Crippen LogP contribution in [-0.4, -0.2) is 34.7 Å². The third-order valence-electron chi connectivity index (χ3n) is 2.92. The number of hydrogen-bond acceptors (Lipinski definition) is 3. The fourth-order valence-corrected chi connectivity index (χ4v) is 1.94. The lowest BCUT2D eigenvalue weighted by Gasteiger charge is -2.06. The van der Waals surface area contributed by atoms with Crippen LogP contribution >= 0.6 is 0 Å². The van der Waals surface area contributed by atoms with Gasteiger partial charge < -0.3 is 10.6 Å². The van der Waals surface area contributed by atoms with E-state index in [1.54, 1.807) is 10.9 Å². The maximum atomic E-state index is 11.7. The minimum absolute atomic E-state index is 0.0204. The Morgan fingerprint density at radius 1 is 1.20 bits per heavy atom. The van der Waals surface area contributed by atoms with Gasteiger partial charge in [0.05, 0.1) is 24.8 Å². The van der Waals surface area contributed by atoms with Gasteiger partial charge >= 0.3 is 0 Å². The first-order valence-corrected chi connectivity index (χ1v) is 6.64. The van der Waals surface area contributed by atoms with Crippen molar-refractivity contribution in [1.82, 2.24) is 20.4 Å². The number of rotatable bonds is 6. The molecule has 0 saturated heterocycles. The average molecular weight is 274 g/mol. The fraction of sp³-hybridized carbons (Fsp3) is 0.357. The zero-order valence-electron chi connectivity index (χ0n) is 11.4. The number of aryl methyl sites for hydroxylation is 1. The predicted molar refractivity (Wildman–Crippen MR) is 76.0 cm³/mol. The van der Waals surface area contributed by atoms with Crippen LogP contribution < -0.4 is 10.6 Å². The summed E-state index contributed by atoms with van der Waals surface area (Å²) in [6.07, 6.45) is 2.08. The van der Waals surface area contributed by atoms with Crippen LogP contribution in [0.15, 0.2) is 30.5 Å². The SMILES string of the molecule is CCNC(=O)CNC(=O)CCn1ncc2ccccc21. The highest BCUT2D eigenvalue weighted by molar-refractivity contribution is 5.84. The van der Waals surface area contributed by atoms with Crippen molar-refractivity contribution >= 4 is 22.7 Å². The molecule has 6 heteroatoms. The van der Waals surface area contributed by atoms with E-state index in [4.69, 9.17) is 0 Å². The zero-order valence-corrected chi connectivity index (χ0v) is 11.4. The molecule has 6 nitrogen and oxygen atoms in total. The van der Waals surface area contributed by atoms with E-state index >= 15 is 0 Å². The summed E-state index contributed by atoms with van der Waals surface area (Å²) in [5.41, 5.74) is 1.00. The molecule has 0 atom stereocenters. The van der Waals surface area contributed by atoms with E-state index in [2.05, 4.69) is 15.7 Å². The Morgan fingerprint density at radius 3 is 2.80 bits per heavy atom. The number of carbonyl (C=O) groups is 2. The number of fused-ring (bicyclic) bond motifs is 1. The lowest BCUT2D eigenvalue weighted by molar-refractivity contribution is -0.126.